The first-order chi connectivity index (χ1) is 5.43. The average Bonchev–Trinajstić information content (AvgIpc) is 2.07. The fraction of sp³-hybridized carbons (Fsp3) is 0.375. The van der Waals surface area contributed by atoms with E-state index in [2.05, 4.69) is 10.3 Å². The summed E-state index contributed by atoms with van der Waals surface area (Å²) in [5.74, 6) is 0.658. The van der Waals surface area contributed by atoms with Crippen LogP contribution in [0.5, 0.6) is 0 Å². The van der Waals surface area contributed by atoms with E-state index < -0.39 is 0 Å². The number of hydrogen-bond donors (Lipinski definition) is 1. The molecule has 0 aliphatic carbocycles. The number of alkyl halides is 1. The van der Waals surface area contributed by atoms with Crippen molar-refractivity contribution in [2.75, 3.05) is 12.4 Å². The second kappa shape index (κ2) is 5.10. The van der Waals surface area contributed by atoms with Gasteiger partial charge in [0.2, 0.25) is 0 Å². The summed E-state index contributed by atoms with van der Waals surface area (Å²) in [7, 11) is 0. The van der Waals surface area contributed by atoms with Crippen LogP contribution < -0.4 is 5.32 Å². The molecule has 0 radical (unpaired) electrons. The van der Waals surface area contributed by atoms with Gasteiger partial charge in [-0.3, -0.25) is 4.98 Å². The lowest BCUT2D eigenvalue weighted by atomic mass is 10.3. The van der Waals surface area contributed by atoms with E-state index in [1.165, 1.54) is 5.56 Å². The van der Waals surface area contributed by atoms with Crippen LogP contribution in [0.25, 0.3) is 0 Å². The van der Waals surface area contributed by atoms with Gasteiger partial charge in [0.15, 0.2) is 0 Å². The highest BCUT2D eigenvalue weighted by Crippen LogP contribution is 1.93. The molecule has 0 saturated heterocycles. The van der Waals surface area contributed by atoms with Crippen molar-refractivity contribution in [1.82, 2.24) is 10.3 Å². The Labute approximate surface area is 71.6 Å². The summed E-state index contributed by atoms with van der Waals surface area (Å²) < 4.78 is 0. The highest BCUT2D eigenvalue weighted by molar-refractivity contribution is 6.18. The number of nitrogens with one attached hydrogen (secondary N) is 1. The molecule has 0 atom stereocenters. The van der Waals surface area contributed by atoms with Gasteiger partial charge in [0.05, 0.1) is 0 Å². The average molecular weight is 171 g/mol. The second-order valence-corrected chi connectivity index (χ2v) is 2.60. The lowest BCUT2D eigenvalue weighted by molar-refractivity contribution is 0.729. The number of pyridine rings is 1. The summed E-state index contributed by atoms with van der Waals surface area (Å²) in [5, 5.41) is 3.19. The number of rotatable bonds is 4. The lowest BCUT2D eigenvalue weighted by Gasteiger charge is -2.00. The maximum absolute atomic E-state index is 5.49. The summed E-state index contributed by atoms with van der Waals surface area (Å²) in [4.78, 5) is 3.92. The Hall–Kier alpha value is -0.600. The molecule has 1 rings (SSSR count). The predicted octanol–water partition coefficient (Wildman–Crippen LogP) is 1.41. The van der Waals surface area contributed by atoms with Crippen LogP contribution in [-0.2, 0) is 6.54 Å². The molecule has 0 unspecified atom stereocenters. The third-order valence-electron chi connectivity index (χ3n) is 1.35. The second-order valence-electron chi connectivity index (χ2n) is 2.22. The van der Waals surface area contributed by atoms with Crippen molar-refractivity contribution in [3.63, 3.8) is 0 Å². The van der Waals surface area contributed by atoms with E-state index in [0.29, 0.717) is 5.88 Å². The number of hydrogen-bond acceptors (Lipinski definition) is 2. The largest absolute Gasteiger partial charge is 0.311 e. The van der Waals surface area contributed by atoms with Gasteiger partial charge in [-0.05, 0) is 17.7 Å². The third kappa shape index (κ3) is 3.35. The lowest BCUT2D eigenvalue weighted by Crippen LogP contribution is -2.15. The zero-order valence-corrected chi connectivity index (χ0v) is 7.01. The molecule has 1 aromatic rings. The fourth-order valence-corrected chi connectivity index (χ4v) is 0.934. The van der Waals surface area contributed by atoms with Gasteiger partial charge in [-0.2, -0.15) is 0 Å². The summed E-state index contributed by atoms with van der Waals surface area (Å²) >= 11 is 5.49. The summed E-state index contributed by atoms with van der Waals surface area (Å²) in [6, 6.07) is 3.97. The summed E-state index contributed by atoms with van der Waals surface area (Å²) in [6.45, 7) is 1.72. The number of halogens is 1. The van der Waals surface area contributed by atoms with Gasteiger partial charge >= 0.3 is 0 Å². The quantitative estimate of drug-likeness (QED) is 0.546. The minimum Gasteiger partial charge on any atom is -0.311 e. The van der Waals surface area contributed by atoms with Gasteiger partial charge in [-0.1, -0.05) is 0 Å². The molecule has 0 aliphatic heterocycles. The van der Waals surface area contributed by atoms with Crippen LogP contribution in [0, 0.1) is 0 Å². The van der Waals surface area contributed by atoms with Crippen LogP contribution in [0.15, 0.2) is 24.5 Å². The monoisotopic (exact) mass is 170 g/mol. The molecule has 60 valence electrons. The summed E-state index contributed by atoms with van der Waals surface area (Å²) in [6.07, 6.45) is 3.58. The van der Waals surface area contributed by atoms with Crippen LogP contribution in [0.3, 0.4) is 0 Å². The molecule has 0 fully saturated rings. The van der Waals surface area contributed by atoms with E-state index in [-0.39, 0.29) is 0 Å². The van der Waals surface area contributed by atoms with Gasteiger partial charge in [-0.25, -0.2) is 0 Å². The van der Waals surface area contributed by atoms with Gasteiger partial charge < -0.3 is 5.32 Å². The Morgan fingerprint density at radius 3 is 2.73 bits per heavy atom. The Bertz CT molecular complexity index is 189. The smallest absolute Gasteiger partial charge is 0.0348 e. The first kappa shape index (κ1) is 8.50. The Morgan fingerprint density at radius 2 is 2.09 bits per heavy atom. The van der Waals surface area contributed by atoms with Gasteiger partial charge in [0.1, 0.15) is 0 Å². The molecule has 1 aromatic heterocycles. The van der Waals surface area contributed by atoms with Crippen LogP contribution >= 0.6 is 11.6 Å². The molecule has 0 spiro atoms. The maximum Gasteiger partial charge on any atom is 0.0348 e. The molecule has 2 nitrogen and oxygen atoms in total. The van der Waals surface area contributed by atoms with Crippen LogP contribution in [0.4, 0.5) is 0 Å². The van der Waals surface area contributed by atoms with Gasteiger partial charge in [-0.15, -0.1) is 11.6 Å². The van der Waals surface area contributed by atoms with Crippen molar-refractivity contribution >= 4 is 11.6 Å². The van der Waals surface area contributed by atoms with Crippen LogP contribution in [0.2, 0.25) is 0 Å². The molecule has 0 amide bonds. The number of nitrogens with zero attached hydrogens (tertiary/aromatic N) is 1. The van der Waals surface area contributed by atoms with Gasteiger partial charge in [0, 0.05) is 31.4 Å². The first-order valence-electron chi connectivity index (χ1n) is 3.59. The zero-order chi connectivity index (χ0) is 7.94. The standard InChI is InChI=1S/C8H11ClN2/c9-3-6-11-7-8-1-4-10-5-2-8/h1-2,4-5,11H,3,6-7H2. The van der Waals surface area contributed by atoms with Crippen molar-refractivity contribution in [2.24, 2.45) is 0 Å². The molecule has 1 heterocycles. The molecule has 11 heavy (non-hydrogen) atoms. The first-order valence-corrected chi connectivity index (χ1v) is 4.12. The molecular weight excluding hydrogens is 160 g/mol. The third-order valence-corrected chi connectivity index (χ3v) is 1.54. The molecule has 0 saturated carbocycles. The van der Waals surface area contributed by atoms with Crippen molar-refractivity contribution < 1.29 is 0 Å². The normalized spacial score (nSPS) is 9.91. The topological polar surface area (TPSA) is 24.9 Å². The van der Waals surface area contributed by atoms with Crippen molar-refractivity contribution in [3.05, 3.63) is 30.1 Å². The SMILES string of the molecule is ClCCNCc1ccncc1. The molecule has 0 bridgehead atoms. The fourth-order valence-electron chi connectivity index (χ4n) is 0.800. The molecule has 0 aromatic carbocycles. The molecule has 3 heteroatoms. The highest BCUT2D eigenvalue weighted by atomic mass is 35.5. The van der Waals surface area contributed by atoms with E-state index in [1.807, 2.05) is 12.1 Å². The minimum atomic E-state index is 0.658. The van der Waals surface area contributed by atoms with E-state index in [4.69, 9.17) is 11.6 Å². The van der Waals surface area contributed by atoms with E-state index in [1.54, 1.807) is 12.4 Å². The van der Waals surface area contributed by atoms with E-state index in [0.717, 1.165) is 13.1 Å². The summed E-state index contributed by atoms with van der Waals surface area (Å²) in [5.41, 5.74) is 1.24. The Kier molecular flexibility index (Phi) is 3.94. The van der Waals surface area contributed by atoms with Gasteiger partial charge in [0.25, 0.3) is 0 Å². The van der Waals surface area contributed by atoms with Crippen LogP contribution in [0.1, 0.15) is 5.56 Å². The number of aromatic nitrogens is 1. The Balaban J connectivity index is 2.28. The van der Waals surface area contributed by atoms with Crippen LogP contribution in [-0.4, -0.2) is 17.4 Å². The molecule has 1 N–H and O–H groups in total. The Morgan fingerprint density at radius 1 is 1.36 bits per heavy atom. The maximum atomic E-state index is 5.49. The van der Waals surface area contributed by atoms with Crippen molar-refractivity contribution in [2.45, 2.75) is 6.54 Å². The molecule has 0 aliphatic rings. The molecular formula is C8H11ClN2. The van der Waals surface area contributed by atoms with E-state index in [9.17, 15) is 0 Å². The zero-order valence-electron chi connectivity index (χ0n) is 6.26. The minimum absolute atomic E-state index is 0.658. The van der Waals surface area contributed by atoms with Crippen molar-refractivity contribution in [3.8, 4) is 0 Å². The van der Waals surface area contributed by atoms with Crippen molar-refractivity contribution in [1.29, 1.82) is 0 Å². The highest BCUT2D eigenvalue weighted by Gasteiger charge is 1.88. The predicted molar refractivity (Wildman–Crippen MR) is 46.7 cm³/mol. The van der Waals surface area contributed by atoms with E-state index >= 15 is 0 Å².